The first-order valence-corrected chi connectivity index (χ1v) is 7.51. The Balaban J connectivity index is 0.00000176. The van der Waals surface area contributed by atoms with Crippen LogP contribution in [-0.2, 0) is 0 Å². The molecule has 0 bridgehead atoms. The van der Waals surface area contributed by atoms with Crippen molar-refractivity contribution < 1.29 is 8.78 Å². The van der Waals surface area contributed by atoms with Crippen molar-refractivity contribution in [3.63, 3.8) is 0 Å². The van der Waals surface area contributed by atoms with Gasteiger partial charge in [0.2, 0.25) is 0 Å². The second-order valence-corrected chi connectivity index (χ2v) is 6.12. The molecule has 3 rings (SSSR count). The third kappa shape index (κ3) is 3.59. The van der Waals surface area contributed by atoms with Crippen molar-refractivity contribution in [1.29, 1.82) is 0 Å². The van der Waals surface area contributed by atoms with Crippen molar-refractivity contribution in [1.82, 2.24) is 0 Å². The summed E-state index contributed by atoms with van der Waals surface area (Å²) in [6.45, 7) is 0. The van der Waals surface area contributed by atoms with Gasteiger partial charge in [-0.1, -0.05) is 42.1 Å². The Morgan fingerprint density at radius 1 is 1.05 bits per heavy atom. The van der Waals surface area contributed by atoms with E-state index in [1.54, 1.807) is 30.3 Å². The summed E-state index contributed by atoms with van der Waals surface area (Å²) in [6, 6.07) is 12.6. The molecular formula is C16H15ClF2N2S. The molecule has 0 spiro atoms. The summed E-state index contributed by atoms with van der Waals surface area (Å²) in [7, 11) is 0. The summed E-state index contributed by atoms with van der Waals surface area (Å²) in [5.41, 5.74) is 7.41. The third-order valence-corrected chi connectivity index (χ3v) is 4.59. The normalized spacial score (nSPS) is 20.9. The maximum atomic E-state index is 13.9. The van der Waals surface area contributed by atoms with Crippen molar-refractivity contribution in [2.75, 3.05) is 0 Å². The number of hydrogen-bond donors (Lipinski definition) is 1. The smallest absolute Gasteiger partial charge is 0.155 e. The highest BCUT2D eigenvalue weighted by molar-refractivity contribution is 8.14. The molecule has 0 aliphatic carbocycles. The number of amidine groups is 1. The van der Waals surface area contributed by atoms with Crippen LogP contribution in [0, 0.1) is 11.6 Å². The molecule has 0 unspecified atom stereocenters. The fourth-order valence-corrected chi connectivity index (χ4v) is 3.51. The highest BCUT2D eigenvalue weighted by Crippen LogP contribution is 2.43. The molecule has 0 radical (unpaired) electrons. The van der Waals surface area contributed by atoms with Gasteiger partial charge in [0, 0.05) is 10.8 Å². The maximum absolute atomic E-state index is 13.9. The molecular weight excluding hydrogens is 326 g/mol. The highest BCUT2D eigenvalue weighted by atomic mass is 35.5. The molecule has 2 nitrogen and oxygen atoms in total. The van der Waals surface area contributed by atoms with E-state index in [9.17, 15) is 8.78 Å². The number of rotatable bonds is 2. The van der Waals surface area contributed by atoms with Crippen LogP contribution >= 0.6 is 24.2 Å². The zero-order valence-corrected chi connectivity index (χ0v) is 13.2. The lowest BCUT2D eigenvalue weighted by atomic mass is 9.98. The van der Waals surface area contributed by atoms with Gasteiger partial charge in [-0.3, -0.25) is 4.99 Å². The van der Waals surface area contributed by atoms with E-state index in [1.165, 1.54) is 30.0 Å². The van der Waals surface area contributed by atoms with Crippen LogP contribution in [0.2, 0.25) is 0 Å². The average molecular weight is 341 g/mol. The number of nitrogens with two attached hydrogens (primary N) is 1. The van der Waals surface area contributed by atoms with Gasteiger partial charge in [0.1, 0.15) is 11.6 Å². The molecule has 1 aliphatic rings. The van der Waals surface area contributed by atoms with E-state index in [4.69, 9.17) is 5.73 Å². The number of benzene rings is 2. The Morgan fingerprint density at radius 3 is 2.41 bits per heavy atom. The molecule has 116 valence electrons. The van der Waals surface area contributed by atoms with E-state index in [1.807, 2.05) is 0 Å². The first-order valence-electron chi connectivity index (χ1n) is 6.63. The third-order valence-electron chi connectivity index (χ3n) is 3.49. The van der Waals surface area contributed by atoms with E-state index in [-0.39, 0.29) is 35.3 Å². The van der Waals surface area contributed by atoms with Crippen molar-refractivity contribution in [2.24, 2.45) is 10.7 Å². The SMILES string of the molecule is Cl.NC1=N[C@H](c2ccccc2F)C[C@H](c2ccc(F)cc2)S1. The molecule has 0 aromatic heterocycles. The largest absolute Gasteiger partial charge is 0.379 e. The van der Waals surface area contributed by atoms with Gasteiger partial charge < -0.3 is 5.73 Å². The van der Waals surface area contributed by atoms with Crippen molar-refractivity contribution >= 4 is 29.3 Å². The zero-order valence-electron chi connectivity index (χ0n) is 11.6. The van der Waals surface area contributed by atoms with E-state index in [2.05, 4.69) is 4.99 Å². The molecule has 2 N–H and O–H groups in total. The molecule has 0 saturated carbocycles. The van der Waals surface area contributed by atoms with E-state index >= 15 is 0 Å². The van der Waals surface area contributed by atoms with Crippen LogP contribution in [0.25, 0.3) is 0 Å². The van der Waals surface area contributed by atoms with E-state index in [0.717, 1.165) is 5.56 Å². The van der Waals surface area contributed by atoms with Crippen LogP contribution in [0.5, 0.6) is 0 Å². The second kappa shape index (κ2) is 7.11. The van der Waals surface area contributed by atoms with Crippen LogP contribution in [-0.4, -0.2) is 5.17 Å². The van der Waals surface area contributed by atoms with Gasteiger partial charge in [0.25, 0.3) is 0 Å². The van der Waals surface area contributed by atoms with Gasteiger partial charge in [-0.05, 0) is 30.2 Å². The molecule has 2 aromatic carbocycles. The quantitative estimate of drug-likeness (QED) is 0.866. The number of nitrogens with zero attached hydrogens (tertiary/aromatic N) is 1. The number of hydrogen-bond acceptors (Lipinski definition) is 3. The summed E-state index contributed by atoms with van der Waals surface area (Å²) in [6.07, 6.45) is 0.637. The molecule has 2 aromatic rings. The zero-order chi connectivity index (χ0) is 14.8. The van der Waals surface area contributed by atoms with Crippen LogP contribution in [0.15, 0.2) is 53.5 Å². The lowest BCUT2D eigenvalue weighted by Crippen LogP contribution is -2.19. The van der Waals surface area contributed by atoms with Crippen LogP contribution < -0.4 is 5.73 Å². The average Bonchev–Trinajstić information content (AvgIpc) is 2.48. The fraction of sp³-hybridized carbons (Fsp3) is 0.188. The minimum Gasteiger partial charge on any atom is -0.379 e. The van der Waals surface area contributed by atoms with Gasteiger partial charge in [-0.2, -0.15) is 0 Å². The topological polar surface area (TPSA) is 38.4 Å². The van der Waals surface area contributed by atoms with Gasteiger partial charge >= 0.3 is 0 Å². The predicted octanol–water partition coefficient (Wildman–Crippen LogP) is 4.62. The van der Waals surface area contributed by atoms with Gasteiger partial charge in [0.15, 0.2) is 5.17 Å². The molecule has 1 heterocycles. The second-order valence-electron chi connectivity index (χ2n) is 4.90. The molecule has 22 heavy (non-hydrogen) atoms. The maximum Gasteiger partial charge on any atom is 0.155 e. The minimum absolute atomic E-state index is 0. The van der Waals surface area contributed by atoms with Crippen molar-refractivity contribution in [3.05, 3.63) is 71.3 Å². The predicted molar refractivity (Wildman–Crippen MR) is 89.4 cm³/mol. The van der Waals surface area contributed by atoms with E-state index in [0.29, 0.717) is 17.2 Å². The Morgan fingerprint density at radius 2 is 1.73 bits per heavy atom. The lowest BCUT2D eigenvalue weighted by Gasteiger charge is -2.26. The number of thioether (sulfide) groups is 1. The molecule has 1 aliphatic heterocycles. The Hall–Kier alpha value is -1.59. The minimum atomic E-state index is -0.303. The Labute approximate surface area is 138 Å². The number of aliphatic imine (C=N–C) groups is 1. The number of halogens is 3. The van der Waals surface area contributed by atoms with Gasteiger partial charge in [-0.25, -0.2) is 8.78 Å². The lowest BCUT2D eigenvalue weighted by molar-refractivity contribution is 0.560. The molecule has 0 saturated heterocycles. The summed E-state index contributed by atoms with van der Waals surface area (Å²) in [5.74, 6) is -0.546. The molecule has 2 atom stereocenters. The summed E-state index contributed by atoms with van der Waals surface area (Å²) >= 11 is 1.43. The van der Waals surface area contributed by atoms with Crippen LogP contribution in [0.1, 0.15) is 28.8 Å². The molecule has 0 fully saturated rings. The Kier molecular flexibility index (Phi) is 5.42. The Bertz CT molecular complexity index is 676. The van der Waals surface area contributed by atoms with Gasteiger partial charge in [-0.15, -0.1) is 12.4 Å². The molecule has 0 amide bonds. The summed E-state index contributed by atoms with van der Waals surface area (Å²) in [5, 5.41) is 0.483. The van der Waals surface area contributed by atoms with Crippen molar-refractivity contribution in [3.8, 4) is 0 Å². The summed E-state index contributed by atoms with van der Waals surface area (Å²) in [4.78, 5) is 4.35. The monoisotopic (exact) mass is 340 g/mol. The molecule has 6 heteroatoms. The fourth-order valence-electron chi connectivity index (χ4n) is 2.46. The summed E-state index contributed by atoms with van der Waals surface area (Å²) < 4.78 is 26.9. The van der Waals surface area contributed by atoms with Gasteiger partial charge in [0.05, 0.1) is 6.04 Å². The first-order chi connectivity index (χ1) is 10.1. The standard InChI is InChI=1S/C16H14F2N2S.ClH/c17-11-7-5-10(6-8-11)15-9-14(20-16(19)21-15)12-3-1-2-4-13(12)18;/h1-8,14-15H,9H2,(H2,19,20);1H/t14-,15+;/m0./s1. The van der Waals surface area contributed by atoms with Crippen molar-refractivity contribution in [2.45, 2.75) is 17.7 Å². The highest BCUT2D eigenvalue weighted by Gasteiger charge is 2.27. The van der Waals surface area contributed by atoms with E-state index < -0.39 is 0 Å². The van der Waals surface area contributed by atoms with Crippen LogP contribution in [0.4, 0.5) is 8.78 Å². The van der Waals surface area contributed by atoms with Crippen LogP contribution in [0.3, 0.4) is 0 Å². The first kappa shape index (κ1) is 16.8.